The maximum Gasteiger partial charge on any atom is 0.490 e. The maximum atomic E-state index is 14.0. The minimum absolute atomic E-state index is 0.0637. The van der Waals surface area contributed by atoms with Crippen LogP contribution in [-0.2, 0) is 11.3 Å². The van der Waals surface area contributed by atoms with Gasteiger partial charge >= 0.3 is 17.8 Å². The number of alkyl halides is 3. The van der Waals surface area contributed by atoms with Crippen molar-refractivity contribution in [1.29, 1.82) is 0 Å². The highest BCUT2D eigenvalue weighted by Crippen LogP contribution is 2.33. The van der Waals surface area contributed by atoms with E-state index < -0.39 is 18.2 Å². The Morgan fingerprint density at radius 3 is 2.20 bits per heavy atom. The van der Waals surface area contributed by atoms with Gasteiger partial charge in [-0.05, 0) is 55.6 Å². The molecule has 0 saturated carbocycles. The van der Waals surface area contributed by atoms with E-state index in [1.807, 2.05) is 50.2 Å². The molecular formula is C30H31Cl3F3N5O4. The van der Waals surface area contributed by atoms with Crippen LogP contribution in [0, 0.1) is 12.8 Å². The molecule has 9 nitrogen and oxygen atoms in total. The number of carboxylic acid groups (broad SMARTS) is 1. The van der Waals surface area contributed by atoms with Gasteiger partial charge in [0, 0.05) is 17.8 Å². The summed E-state index contributed by atoms with van der Waals surface area (Å²) in [5.74, 6) is -3.05. The molecule has 0 fully saturated rings. The number of aromatic nitrogens is 3. The van der Waals surface area contributed by atoms with Crippen molar-refractivity contribution in [2.24, 2.45) is 11.7 Å². The molecule has 0 bridgehead atoms. The molecule has 4 aromatic rings. The quantitative estimate of drug-likeness (QED) is 0.204. The summed E-state index contributed by atoms with van der Waals surface area (Å²) in [7, 11) is 0. The number of carboxylic acids is 1. The lowest BCUT2D eigenvalue weighted by Gasteiger charge is -2.36. The third-order valence-electron chi connectivity index (χ3n) is 6.76. The summed E-state index contributed by atoms with van der Waals surface area (Å²) in [5.41, 5.74) is 8.60. The van der Waals surface area contributed by atoms with Crippen LogP contribution in [0.1, 0.15) is 53.6 Å². The zero-order chi connectivity index (χ0) is 33.6. The number of fused-ring (bicyclic) bond motifs is 1. The summed E-state index contributed by atoms with van der Waals surface area (Å²) < 4.78 is 34.7. The highest BCUT2D eigenvalue weighted by molar-refractivity contribution is 6.42. The van der Waals surface area contributed by atoms with Crippen LogP contribution in [-0.4, -0.2) is 55.3 Å². The van der Waals surface area contributed by atoms with Crippen molar-refractivity contribution in [1.82, 2.24) is 19.1 Å². The Morgan fingerprint density at radius 2 is 1.67 bits per heavy atom. The molecule has 0 aliphatic carbocycles. The van der Waals surface area contributed by atoms with Crippen LogP contribution in [0.3, 0.4) is 0 Å². The van der Waals surface area contributed by atoms with Crippen LogP contribution in [0.15, 0.2) is 59.4 Å². The first-order valence-corrected chi connectivity index (χ1v) is 14.8. The average molecular weight is 689 g/mol. The van der Waals surface area contributed by atoms with Gasteiger partial charge in [0.1, 0.15) is 0 Å². The van der Waals surface area contributed by atoms with Crippen molar-refractivity contribution in [2.45, 2.75) is 46.0 Å². The fourth-order valence-corrected chi connectivity index (χ4v) is 5.16. The third-order valence-corrected chi connectivity index (χ3v) is 7.96. The molecule has 0 radical (unpaired) electrons. The molecule has 15 heteroatoms. The van der Waals surface area contributed by atoms with E-state index in [1.165, 1.54) is 4.52 Å². The van der Waals surface area contributed by atoms with Gasteiger partial charge in [0.25, 0.3) is 5.91 Å². The molecule has 4 rings (SSSR count). The molecule has 2 aromatic heterocycles. The summed E-state index contributed by atoms with van der Waals surface area (Å²) in [5, 5.41) is 12.6. The fourth-order valence-electron chi connectivity index (χ4n) is 4.69. The number of hydrogen-bond acceptors (Lipinski definition) is 5. The van der Waals surface area contributed by atoms with Crippen LogP contribution in [0.4, 0.5) is 13.2 Å². The molecule has 1 amide bonds. The molecule has 0 spiro atoms. The van der Waals surface area contributed by atoms with Crippen LogP contribution < -0.4 is 11.4 Å². The smallest absolute Gasteiger partial charge is 0.475 e. The number of hydrogen-bond donors (Lipinski definition) is 2. The van der Waals surface area contributed by atoms with Crippen LogP contribution in [0.5, 0.6) is 0 Å². The number of nitrogens with zero attached hydrogens (tertiary/aromatic N) is 4. The second kappa shape index (κ2) is 15.1. The molecule has 2 heterocycles. The van der Waals surface area contributed by atoms with Gasteiger partial charge in [-0.3, -0.25) is 9.36 Å². The minimum Gasteiger partial charge on any atom is -0.475 e. The number of rotatable bonds is 9. The van der Waals surface area contributed by atoms with Crippen molar-refractivity contribution in [3.05, 3.63) is 103 Å². The van der Waals surface area contributed by atoms with E-state index in [1.54, 1.807) is 34.6 Å². The Hall–Kier alpha value is -3.58. The van der Waals surface area contributed by atoms with Crippen molar-refractivity contribution < 1.29 is 27.9 Å². The van der Waals surface area contributed by atoms with Gasteiger partial charge in [-0.1, -0.05) is 79.0 Å². The molecule has 242 valence electrons. The number of halogens is 6. The van der Waals surface area contributed by atoms with Gasteiger partial charge in [-0.2, -0.15) is 22.8 Å². The van der Waals surface area contributed by atoms with Crippen LogP contribution >= 0.6 is 34.8 Å². The lowest BCUT2D eigenvalue weighted by molar-refractivity contribution is -0.192. The van der Waals surface area contributed by atoms with Crippen LogP contribution in [0.2, 0.25) is 15.1 Å². The molecule has 0 saturated heterocycles. The van der Waals surface area contributed by atoms with E-state index in [0.717, 1.165) is 5.56 Å². The van der Waals surface area contributed by atoms with E-state index in [2.05, 4.69) is 5.10 Å². The van der Waals surface area contributed by atoms with E-state index in [-0.39, 0.29) is 17.5 Å². The third kappa shape index (κ3) is 8.57. The number of amides is 1. The number of carbonyl (C=O) groups is 2. The number of nitrogens with two attached hydrogens (primary N) is 1. The molecule has 3 N–H and O–H groups in total. The van der Waals surface area contributed by atoms with E-state index in [0.29, 0.717) is 63.6 Å². The van der Waals surface area contributed by atoms with Crippen molar-refractivity contribution in [3.63, 3.8) is 0 Å². The average Bonchev–Trinajstić information content (AvgIpc) is 3.27. The molecule has 0 aliphatic rings. The van der Waals surface area contributed by atoms with Gasteiger partial charge in [0.05, 0.1) is 38.9 Å². The monoisotopic (exact) mass is 687 g/mol. The van der Waals surface area contributed by atoms with Gasteiger partial charge in [-0.25, -0.2) is 9.59 Å². The lowest BCUT2D eigenvalue weighted by atomic mass is 9.96. The Bertz CT molecular complexity index is 1730. The molecule has 1 atom stereocenters. The summed E-state index contributed by atoms with van der Waals surface area (Å²) in [4.78, 5) is 38.5. The van der Waals surface area contributed by atoms with Crippen molar-refractivity contribution in [3.8, 4) is 0 Å². The van der Waals surface area contributed by atoms with E-state index in [4.69, 9.17) is 50.4 Å². The van der Waals surface area contributed by atoms with Gasteiger partial charge < -0.3 is 15.7 Å². The zero-order valence-corrected chi connectivity index (χ0v) is 26.8. The van der Waals surface area contributed by atoms with Gasteiger partial charge in [-0.15, -0.1) is 0 Å². The Kier molecular flexibility index (Phi) is 12.1. The molecule has 1 unspecified atom stereocenters. The Labute approximate surface area is 271 Å². The first-order valence-electron chi connectivity index (χ1n) is 13.7. The topological polar surface area (TPSA) is 123 Å². The SMILES string of the molecule is Cc1nn2c(=O)n(Cc3ccccc3)c(C(C(C)C)N(CCCN)C(=O)c3ccc(Cl)c(Cl)c3)cc2c1Cl.O=C(O)C(F)(F)F. The molecule has 45 heavy (non-hydrogen) atoms. The number of aryl methyl sites for hydroxylation is 1. The molecule has 2 aromatic carbocycles. The maximum absolute atomic E-state index is 14.0. The predicted octanol–water partition coefficient (Wildman–Crippen LogP) is 6.63. The minimum atomic E-state index is -5.08. The summed E-state index contributed by atoms with van der Waals surface area (Å²) in [6.45, 7) is 6.89. The standard InChI is InChI=1S/C28H30Cl3N5O2.C2HF3O2/c1-17(2)26(34(13-7-12-32)27(37)20-10-11-21(29)22(30)14-20)24-15-23-25(31)18(3)33-36(23)28(38)35(24)16-19-8-5-4-6-9-19;3-2(4,5)1(6)7/h4-6,8-11,14-15,17,26H,7,12-13,16,32H2,1-3H3;(H,6,7). The van der Waals surface area contributed by atoms with Crippen LogP contribution in [0.25, 0.3) is 5.52 Å². The first-order chi connectivity index (χ1) is 21.1. The first kappa shape index (κ1) is 35.9. The van der Waals surface area contributed by atoms with Gasteiger partial charge in [0.2, 0.25) is 0 Å². The molecular weight excluding hydrogens is 658 g/mol. The van der Waals surface area contributed by atoms with Gasteiger partial charge in [0.15, 0.2) is 0 Å². The highest BCUT2D eigenvalue weighted by Gasteiger charge is 2.38. The highest BCUT2D eigenvalue weighted by atomic mass is 35.5. The second-order valence-corrected chi connectivity index (χ2v) is 11.6. The summed E-state index contributed by atoms with van der Waals surface area (Å²) in [6.07, 6.45) is -4.51. The Balaban J connectivity index is 0.000000707. The summed E-state index contributed by atoms with van der Waals surface area (Å²) in [6, 6.07) is 15.9. The van der Waals surface area contributed by atoms with Crippen molar-refractivity contribution in [2.75, 3.05) is 13.1 Å². The largest absolute Gasteiger partial charge is 0.490 e. The summed E-state index contributed by atoms with van der Waals surface area (Å²) >= 11 is 18.9. The zero-order valence-electron chi connectivity index (χ0n) is 24.5. The van der Waals surface area contributed by atoms with E-state index in [9.17, 15) is 22.8 Å². The van der Waals surface area contributed by atoms with E-state index >= 15 is 0 Å². The predicted molar refractivity (Wildman–Crippen MR) is 167 cm³/mol. The van der Waals surface area contributed by atoms with Crippen molar-refractivity contribution >= 4 is 52.2 Å². The number of carbonyl (C=O) groups excluding carboxylic acids is 1. The second-order valence-electron chi connectivity index (χ2n) is 10.4. The molecule has 0 aliphatic heterocycles. The lowest BCUT2D eigenvalue weighted by Crippen LogP contribution is -2.42. The number of benzene rings is 2. The Morgan fingerprint density at radius 1 is 1.04 bits per heavy atom. The fraction of sp³-hybridized carbons (Fsp3) is 0.333. The normalized spacial score (nSPS) is 12.2. The number of aliphatic carboxylic acids is 1.